The number of cyclic esters (lactones) is 5. The molecule has 0 saturated carbocycles. The zero-order valence-electron chi connectivity index (χ0n) is 64.9. The number of rotatable bonds is 7. The van der Waals surface area contributed by atoms with Gasteiger partial charge in [-0.1, -0.05) is 0 Å². The second-order valence-corrected chi connectivity index (χ2v) is 29.7. The number of hydrogen-bond donors (Lipinski definition) is 31. The van der Waals surface area contributed by atoms with Crippen molar-refractivity contribution < 1.29 is 254 Å². The highest BCUT2D eigenvalue weighted by atomic mass is 16.7. The van der Waals surface area contributed by atoms with E-state index in [0.717, 1.165) is 0 Å². The molecule has 7 aliphatic heterocycles. The third-order valence-corrected chi connectivity index (χ3v) is 22.3. The van der Waals surface area contributed by atoms with E-state index in [2.05, 4.69) is 0 Å². The third-order valence-electron chi connectivity index (χ3n) is 22.3. The summed E-state index contributed by atoms with van der Waals surface area (Å²) in [7, 11) is 0. The van der Waals surface area contributed by atoms with Gasteiger partial charge in [0, 0.05) is 61.2 Å². The summed E-state index contributed by atoms with van der Waals surface area (Å²) >= 11 is 0. The van der Waals surface area contributed by atoms with E-state index in [-0.39, 0.29) is 42.5 Å². The second kappa shape index (κ2) is 30.6. The van der Waals surface area contributed by atoms with Gasteiger partial charge in [-0.3, -0.25) is 0 Å². The molecule has 10 aromatic rings. The van der Waals surface area contributed by atoms with E-state index in [1.54, 1.807) is 0 Å². The summed E-state index contributed by atoms with van der Waals surface area (Å²) in [6.45, 7) is -3.97. The van der Waals surface area contributed by atoms with Crippen molar-refractivity contribution in [3.05, 3.63) is 127 Å². The van der Waals surface area contributed by atoms with Crippen LogP contribution in [0.15, 0.2) is 54.6 Å². The van der Waals surface area contributed by atoms with E-state index in [1.807, 2.05) is 0 Å². The van der Waals surface area contributed by atoms with Gasteiger partial charge in [-0.25, -0.2) is 47.9 Å². The number of aliphatic hydroxyl groups is 1. The lowest BCUT2D eigenvalue weighted by atomic mass is 9.72. The molecule has 7 heterocycles. The Morgan fingerprint density at radius 3 is 0.767 bits per heavy atom. The number of fused-ring (bicyclic) bond motifs is 13. The molecule has 17 rings (SSSR count). The van der Waals surface area contributed by atoms with Crippen molar-refractivity contribution in [3.63, 3.8) is 0 Å². The molecule has 31 N–H and O–H groups in total. The number of esters is 10. The highest BCUT2D eigenvalue weighted by Gasteiger charge is 2.60. The maximum atomic E-state index is 17.2. The minimum atomic E-state index is -3.69. The van der Waals surface area contributed by atoms with Crippen molar-refractivity contribution in [2.75, 3.05) is 13.2 Å². The van der Waals surface area contributed by atoms with Crippen molar-refractivity contribution in [2.45, 2.75) is 60.9 Å². The summed E-state index contributed by atoms with van der Waals surface area (Å²) in [5.74, 6) is -79.5. The zero-order valence-corrected chi connectivity index (χ0v) is 64.9. The van der Waals surface area contributed by atoms with Crippen molar-refractivity contribution in [2.24, 2.45) is 0 Å². The lowest BCUT2D eigenvalue weighted by Gasteiger charge is -2.43. The summed E-state index contributed by atoms with van der Waals surface area (Å²) < 4.78 is 58.2. The predicted molar refractivity (Wildman–Crippen MR) is 411 cm³/mol. The Morgan fingerprint density at radius 1 is 0.226 bits per heavy atom. The number of ether oxygens (including phenoxy) is 10. The number of phenolic OH excluding ortho intramolecular Hbond substituents is 30. The Bertz CT molecular complexity index is 6990. The molecule has 10 aromatic carbocycles. The van der Waals surface area contributed by atoms with E-state index in [9.17, 15) is 173 Å². The predicted octanol–water partition coefficient (Wildman–Crippen LogP) is 3.09. The van der Waals surface area contributed by atoms with Crippen LogP contribution in [0, 0.1) is 0 Å². The zero-order chi connectivity index (χ0) is 96.8. The SMILES string of the molecule is O=C(O[C@@H]1COC(=O)c2cc(O)c(O)c(O)c2-c2c(cc(O)c(O)c2O)C(=O)O[C@H]1[C@@H]1OC(=O)c2c(c(O)c(O)c(O)c2[C@H]2c3c(O)c(O)c(O)c4c3C(=O)O[C@@H]2[C@H]([C@@H]2OC(=O)c3cc(O)c(O)c(O)c3-c3c(cc(O)c(O)c3O)C(=O)OC[C@H]2OC(=O)c2cc(O)c(O)c(O)c2)OC(=O)c2cc(O)c(O)c(O)c2-4)-c2c(O)c(O)c(O)c3c2C(=O)O[C@H]1[C@@H]3O)c1cc(O)c(O)c(O)c1. The van der Waals surface area contributed by atoms with Gasteiger partial charge in [0.2, 0.25) is 46.0 Å². The van der Waals surface area contributed by atoms with Crippen molar-refractivity contribution >= 4 is 59.7 Å². The van der Waals surface area contributed by atoms with Crippen LogP contribution in [0.1, 0.15) is 132 Å². The Kier molecular flexibility index (Phi) is 20.1. The molecule has 0 aromatic heterocycles. The first-order valence-corrected chi connectivity index (χ1v) is 37.1. The van der Waals surface area contributed by atoms with E-state index in [1.165, 1.54) is 0 Å². The van der Waals surface area contributed by atoms with Gasteiger partial charge in [-0.15, -0.1) is 0 Å². The fourth-order valence-electron chi connectivity index (χ4n) is 16.2. The lowest BCUT2D eigenvalue weighted by molar-refractivity contribution is -0.154. The molecule has 7 aliphatic rings. The summed E-state index contributed by atoms with van der Waals surface area (Å²) in [5, 5.41) is 359. The van der Waals surface area contributed by atoms with Gasteiger partial charge in [0.15, 0.2) is 175 Å². The van der Waals surface area contributed by atoms with Crippen molar-refractivity contribution in [1.29, 1.82) is 0 Å². The number of carbonyl (C=O) groups is 10. The van der Waals surface area contributed by atoms with Gasteiger partial charge in [-0.05, 0) is 54.6 Å². The van der Waals surface area contributed by atoms with Crippen LogP contribution in [-0.2, 0) is 47.4 Å². The molecule has 0 radical (unpaired) electrons. The van der Waals surface area contributed by atoms with Crippen molar-refractivity contribution in [3.8, 4) is 217 Å². The average Bonchev–Trinajstić information content (AvgIpc) is 0.738. The molecule has 0 saturated heterocycles. The molecule has 6 bridgehead atoms. The number of hydrogen-bond acceptors (Lipinski definition) is 51. The Morgan fingerprint density at radius 2 is 0.451 bits per heavy atom. The molecular formula is C82H54O51. The standard InChI is InChI=1S/C82H54O51/c83-19-1-12(2-20(84)45(19)92)73(114)126-28-10-124-75(116)14-5-23(87)47(94)52(99)30(14)32-16(7-25(89)49(96)54(32)101)77(118)128-67(28)71-69-40(38-41(80(121)130-69)35(57(104)64(111)60(38)107)34-18(79(120)132-71)9-27(91)51(98)56(34)103)39-42-36(58(105)65(112)61(39)108)37-43-44(62(109)66(113)59(37)106)63(110)70(131-82(43)123)72(133-81(42)122)68-29(127-74(115)13-3-21(85)46(93)22(86)4-13)11-125-76(117)15-6-24(88)48(95)53(100)31(15)33-17(78(119)129-68)8-26(90)50(97)55(33)102/h1-9,28-29,40,63,67-72,83-113H,10-11H2/t28-,29-,40-,63-,67-,68-,69+,70+,71+,72+/m1/s1. The number of aromatic hydroxyl groups is 30. The Balaban J connectivity index is 1.03. The molecule has 688 valence electrons. The van der Waals surface area contributed by atoms with Crippen LogP contribution >= 0.6 is 0 Å². The van der Waals surface area contributed by atoms with Gasteiger partial charge in [0.05, 0.1) is 61.6 Å². The largest absolute Gasteiger partial charge is 0.504 e. The second-order valence-electron chi connectivity index (χ2n) is 29.7. The van der Waals surface area contributed by atoms with Gasteiger partial charge in [0.25, 0.3) is 0 Å². The van der Waals surface area contributed by atoms with E-state index in [4.69, 9.17) is 47.4 Å². The maximum absolute atomic E-state index is 17.2. The van der Waals surface area contributed by atoms with Crippen molar-refractivity contribution in [1.82, 2.24) is 0 Å². The lowest BCUT2D eigenvalue weighted by Crippen LogP contribution is -2.57. The monoisotopic (exact) mass is 1850 g/mol. The molecule has 133 heavy (non-hydrogen) atoms. The number of benzene rings is 10. The van der Waals surface area contributed by atoms with E-state index < -0.39 is 423 Å². The number of aliphatic hydroxyl groups excluding tert-OH is 1. The molecule has 0 spiro atoms. The van der Waals surface area contributed by atoms with Crippen LogP contribution in [-0.4, -0.2) is 280 Å². The minimum Gasteiger partial charge on any atom is -0.504 e. The van der Waals surface area contributed by atoms with E-state index in [0.29, 0.717) is 12.1 Å². The minimum absolute atomic E-state index is 0.0755. The Labute approximate surface area is 728 Å². The molecule has 0 aliphatic carbocycles. The van der Waals surface area contributed by atoms with E-state index >= 15 is 33.6 Å². The topological polar surface area (TPSA) is 890 Å². The average molecular weight is 1860 g/mol. The van der Waals surface area contributed by atoms with Crippen LogP contribution in [0.3, 0.4) is 0 Å². The molecule has 51 heteroatoms. The fraction of sp³-hybridized carbons (Fsp3) is 0.146. The molecule has 51 nitrogen and oxygen atoms in total. The third kappa shape index (κ3) is 13.0. The fourth-order valence-corrected chi connectivity index (χ4v) is 16.2. The first-order valence-electron chi connectivity index (χ1n) is 37.1. The van der Waals surface area contributed by atoms with Gasteiger partial charge >= 0.3 is 59.7 Å². The summed E-state index contributed by atoms with van der Waals surface area (Å²) in [6, 6.07) is 1.88. The Hall–Kier alpha value is -19.1. The van der Waals surface area contributed by atoms with Crippen LogP contribution in [0.2, 0.25) is 0 Å². The quantitative estimate of drug-likeness (QED) is 0.0619. The normalized spacial score (nSPS) is 20.1. The van der Waals surface area contributed by atoms with Gasteiger partial charge in [-0.2, -0.15) is 0 Å². The summed E-state index contributed by atoms with van der Waals surface area (Å²) in [4.78, 5) is 156. The number of phenols is 30. The van der Waals surface area contributed by atoms with Crippen LogP contribution < -0.4 is 0 Å². The van der Waals surface area contributed by atoms with Crippen LogP contribution in [0.4, 0.5) is 0 Å². The first kappa shape index (κ1) is 87.3. The molecule has 10 atom stereocenters. The first-order chi connectivity index (χ1) is 62.5. The van der Waals surface area contributed by atoms with Crippen LogP contribution in [0.25, 0.3) is 44.5 Å². The maximum Gasteiger partial charge on any atom is 0.339 e. The van der Waals surface area contributed by atoms with Gasteiger partial charge < -0.3 is 206 Å². The highest BCUT2D eigenvalue weighted by Crippen LogP contribution is 2.66. The summed E-state index contributed by atoms with van der Waals surface area (Å²) in [6.07, 6.45) is -30.9. The molecule has 0 fully saturated rings. The summed E-state index contributed by atoms with van der Waals surface area (Å²) in [5.41, 5.74) is -34.1. The number of carbonyl (C=O) groups excluding carboxylic acids is 10. The molecule has 0 amide bonds. The van der Waals surface area contributed by atoms with Crippen LogP contribution in [0.5, 0.6) is 172 Å². The molecular weight excluding hydrogens is 1800 g/mol. The van der Waals surface area contributed by atoms with Gasteiger partial charge in [0.1, 0.15) is 19.3 Å². The molecule has 0 unspecified atom stereocenters. The smallest absolute Gasteiger partial charge is 0.339 e. The highest BCUT2D eigenvalue weighted by molar-refractivity contribution is 6.16.